The first-order valence-electron chi connectivity index (χ1n) is 4.93. The zero-order valence-electron chi connectivity index (χ0n) is 8.80. The maximum absolute atomic E-state index is 11.9. The van der Waals surface area contributed by atoms with Crippen LogP contribution in [-0.4, -0.2) is 42.0 Å². The van der Waals surface area contributed by atoms with Crippen molar-refractivity contribution in [3.63, 3.8) is 0 Å². The van der Waals surface area contributed by atoms with E-state index in [0.29, 0.717) is 19.4 Å². The molecule has 1 N–H and O–H groups in total. The summed E-state index contributed by atoms with van der Waals surface area (Å²) in [5, 5.41) is 1.79. The third-order valence-electron chi connectivity index (χ3n) is 2.42. The zero-order chi connectivity index (χ0) is 12.3. The van der Waals surface area contributed by atoms with Crippen LogP contribution in [-0.2, 0) is 9.59 Å². The van der Waals surface area contributed by atoms with Gasteiger partial charge >= 0.3 is 6.18 Å². The lowest BCUT2D eigenvalue weighted by Crippen LogP contribution is -2.47. The highest BCUT2D eigenvalue weighted by molar-refractivity contribution is 5.87. The van der Waals surface area contributed by atoms with E-state index in [1.165, 1.54) is 11.8 Å². The maximum atomic E-state index is 11.9. The summed E-state index contributed by atoms with van der Waals surface area (Å²) in [6.45, 7) is 0.378. The van der Waals surface area contributed by atoms with Crippen molar-refractivity contribution < 1.29 is 22.8 Å². The fourth-order valence-electron chi connectivity index (χ4n) is 1.72. The number of hydrogen-bond acceptors (Lipinski definition) is 2. The summed E-state index contributed by atoms with van der Waals surface area (Å²) in [6, 6.07) is -0.750. The molecule has 1 aliphatic heterocycles. The van der Waals surface area contributed by atoms with Crippen LogP contribution in [0.3, 0.4) is 0 Å². The summed E-state index contributed by atoms with van der Waals surface area (Å²) in [5.41, 5.74) is 0. The number of carbonyl (C=O) groups is 2. The summed E-state index contributed by atoms with van der Waals surface area (Å²) in [4.78, 5) is 23.8. The Kier molecular flexibility index (Phi) is 3.77. The third kappa shape index (κ3) is 3.39. The van der Waals surface area contributed by atoms with Crippen LogP contribution in [0.5, 0.6) is 0 Å². The largest absolute Gasteiger partial charge is 0.405 e. The van der Waals surface area contributed by atoms with Gasteiger partial charge in [-0.05, 0) is 12.8 Å². The number of alkyl halides is 3. The maximum Gasteiger partial charge on any atom is 0.405 e. The van der Waals surface area contributed by atoms with E-state index in [4.69, 9.17) is 0 Å². The van der Waals surface area contributed by atoms with Crippen molar-refractivity contribution in [1.29, 1.82) is 0 Å². The van der Waals surface area contributed by atoms with Crippen molar-refractivity contribution in [3.05, 3.63) is 0 Å². The van der Waals surface area contributed by atoms with Crippen LogP contribution in [0.25, 0.3) is 0 Å². The number of amides is 2. The summed E-state index contributed by atoms with van der Waals surface area (Å²) >= 11 is 0. The van der Waals surface area contributed by atoms with E-state index in [1.54, 1.807) is 5.32 Å². The normalized spacial score (nSPS) is 21.0. The summed E-state index contributed by atoms with van der Waals surface area (Å²) in [6.07, 6.45) is -3.36. The van der Waals surface area contributed by atoms with Crippen LogP contribution in [0.1, 0.15) is 19.8 Å². The summed E-state index contributed by atoms with van der Waals surface area (Å²) < 4.78 is 35.6. The standard InChI is InChI=1S/C9H13F3N2O2/c1-6(15)14-4-2-3-7(14)8(16)13-5-9(10,11)12/h7H,2-5H2,1H3,(H,13,16)/t7-/m0/s1. The summed E-state index contributed by atoms with van der Waals surface area (Å²) in [7, 11) is 0. The second kappa shape index (κ2) is 4.71. The number of likely N-dealkylation sites (tertiary alicyclic amines) is 1. The molecule has 2 amide bonds. The molecule has 7 heteroatoms. The SMILES string of the molecule is CC(=O)N1CCC[C@H]1C(=O)NCC(F)(F)F. The minimum atomic E-state index is -4.42. The Bertz CT molecular complexity index is 291. The van der Waals surface area contributed by atoms with Crippen molar-refractivity contribution in [2.24, 2.45) is 0 Å². The lowest BCUT2D eigenvalue weighted by molar-refractivity contribution is -0.144. The van der Waals surface area contributed by atoms with Crippen LogP contribution in [0, 0.1) is 0 Å². The Balaban J connectivity index is 2.50. The zero-order valence-corrected chi connectivity index (χ0v) is 8.80. The molecule has 0 aromatic rings. The molecule has 0 radical (unpaired) electrons. The molecule has 0 aromatic heterocycles. The molecule has 1 fully saturated rings. The second-order valence-corrected chi connectivity index (χ2v) is 3.70. The Hall–Kier alpha value is -1.27. The first-order chi connectivity index (χ1) is 7.31. The van der Waals surface area contributed by atoms with Crippen molar-refractivity contribution in [2.45, 2.75) is 32.0 Å². The van der Waals surface area contributed by atoms with Crippen molar-refractivity contribution in [1.82, 2.24) is 10.2 Å². The van der Waals surface area contributed by atoms with Gasteiger partial charge in [0.1, 0.15) is 12.6 Å². The van der Waals surface area contributed by atoms with Gasteiger partial charge in [0.25, 0.3) is 0 Å². The topological polar surface area (TPSA) is 49.4 Å². The van der Waals surface area contributed by atoms with Crippen LogP contribution >= 0.6 is 0 Å². The quantitative estimate of drug-likeness (QED) is 0.769. The Morgan fingerprint density at radius 3 is 2.56 bits per heavy atom. The van der Waals surface area contributed by atoms with Gasteiger partial charge in [0.05, 0.1) is 0 Å². The highest BCUT2D eigenvalue weighted by atomic mass is 19.4. The lowest BCUT2D eigenvalue weighted by Gasteiger charge is -2.22. The first kappa shape index (κ1) is 12.8. The molecule has 0 aromatic carbocycles. The first-order valence-corrected chi connectivity index (χ1v) is 4.93. The fourth-order valence-corrected chi connectivity index (χ4v) is 1.72. The van der Waals surface area contributed by atoms with E-state index in [9.17, 15) is 22.8 Å². The lowest BCUT2D eigenvalue weighted by atomic mass is 10.2. The molecule has 0 saturated carbocycles. The van der Waals surface area contributed by atoms with Crippen molar-refractivity contribution >= 4 is 11.8 Å². The number of nitrogens with zero attached hydrogens (tertiary/aromatic N) is 1. The van der Waals surface area contributed by atoms with E-state index >= 15 is 0 Å². The van der Waals surface area contributed by atoms with Gasteiger partial charge in [0.2, 0.25) is 11.8 Å². The van der Waals surface area contributed by atoms with Gasteiger partial charge in [-0.15, -0.1) is 0 Å². The Morgan fingerprint density at radius 2 is 2.06 bits per heavy atom. The van der Waals surface area contributed by atoms with E-state index in [2.05, 4.69) is 0 Å². The van der Waals surface area contributed by atoms with Crippen molar-refractivity contribution in [3.8, 4) is 0 Å². The minimum Gasteiger partial charge on any atom is -0.345 e. The van der Waals surface area contributed by atoms with Gasteiger partial charge in [-0.1, -0.05) is 0 Å². The minimum absolute atomic E-state index is 0.287. The predicted octanol–water partition coefficient (Wildman–Crippen LogP) is 0.676. The smallest absolute Gasteiger partial charge is 0.345 e. The van der Waals surface area contributed by atoms with Gasteiger partial charge in [0, 0.05) is 13.5 Å². The molecule has 0 aliphatic carbocycles. The van der Waals surface area contributed by atoms with E-state index in [0.717, 1.165) is 0 Å². The number of halogens is 3. The predicted molar refractivity (Wildman–Crippen MR) is 49.5 cm³/mol. The third-order valence-corrected chi connectivity index (χ3v) is 2.42. The van der Waals surface area contributed by atoms with Gasteiger partial charge in [-0.25, -0.2) is 0 Å². The van der Waals surface area contributed by atoms with E-state index < -0.39 is 24.7 Å². The van der Waals surface area contributed by atoms with Crippen LogP contribution in [0.2, 0.25) is 0 Å². The highest BCUT2D eigenvalue weighted by Gasteiger charge is 2.34. The number of rotatable bonds is 2. The van der Waals surface area contributed by atoms with Crippen LogP contribution in [0.4, 0.5) is 13.2 Å². The fraction of sp³-hybridized carbons (Fsp3) is 0.778. The van der Waals surface area contributed by atoms with Crippen LogP contribution in [0.15, 0.2) is 0 Å². The second-order valence-electron chi connectivity index (χ2n) is 3.70. The highest BCUT2D eigenvalue weighted by Crippen LogP contribution is 2.18. The molecule has 1 aliphatic rings. The van der Waals surface area contributed by atoms with E-state index in [1.807, 2.05) is 0 Å². The van der Waals surface area contributed by atoms with Gasteiger partial charge in [-0.3, -0.25) is 9.59 Å². The molecular formula is C9H13F3N2O2. The molecule has 4 nitrogen and oxygen atoms in total. The average molecular weight is 238 g/mol. The molecule has 0 spiro atoms. The molecular weight excluding hydrogens is 225 g/mol. The molecule has 1 rings (SSSR count). The molecule has 0 bridgehead atoms. The molecule has 1 saturated heterocycles. The van der Waals surface area contributed by atoms with Gasteiger partial charge < -0.3 is 10.2 Å². The van der Waals surface area contributed by atoms with Gasteiger partial charge in [-0.2, -0.15) is 13.2 Å². The molecule has 92 valence electrons. The number of nitrogens with one attached hydrogen (secondary N) is 1. The monoisotopic (exact) mass is 238 g/mol. The van der Waals surface area contributed by atoms with Gasteiger partial charge in [0.15, 0.2) is 0 Å². The Morgan fingerprint density at radius 1 is 1.44 bits per heavy atom. The molecule has 16 heavy (non-hydrogen) atoms. The summed E-state index contributed by atoms with van der Waals surface area (Å²) in [5.74, 6) is -1.02. The van der Waals surface area contributed by atoms with Crippen LogP contribution < -0.4 is 5.32 Å². The average Bonchev–Trinajstić information content (AvgIpc) is 2.61. The number of hydrogen-bond donors (Lipinski definition) is 1. The molecule has 1 heterocycles. The van der Waals surface area contributed by atoms with Crippen molar-refractivity contribution in [2.75, 3.05) is 13.1 Å². The Labute approximate surface area is 90.8 Å². The number of carbonyl (C=O) groups excluding carboxylic acids is 2. The molecule has 1 atom stereocenters. The van der Waals surface area contributed by atoms with E-state index in [-0.39, 0.29) is 5.91 Å². The molecule has 0 unspecified atom stereocenters.